The summed E-state index contributed by atoms with van der Waals surface area (Å²) in [5, 5.41) is 3.25. The second-order valence-corrected chi connectivity index (χ2v) is 6.15. The SMILES string of the molecule is O=S(=O)(CC1CCCCN1)c1ccncc1. The van der Waals surface area contributed by atoms with Gasteiger partial charge in [-0.05, 0) is 31.5 Å². The molecule has 0 radical (unpaired) electrons. The number of sulfone groups is 1. The Labute approximate surface area is 96.0 Å². The highest BCUT2D eigenvalue weighted by atomic mass is 32.2. The summed E-state index contributed by atoms with van der Waals surface area (Å²) in [6.07, 6.45) is 6.24. The maximum absolute atomic E-state index is 12.0. The molecular weight excluding hydrogens is 224 g/mol. The molecule has 1 aliphatic rings. The van der Waals surface area contributed by atoms with E-state index in [2.05, 4.69) is 10.3 Å². The molecule has 1 aromatic heterocycles. The van der Waals surface area contributed by atoms with Crippen molar-refractivity contribution in [2.75, 3.05) is 12.3 Å². The van der Waals surface area contributed by atoms with Gasteiger partial charge in [0, 0.05) is 18.4 Å². The zero-order valence-electron chi connectivity index (χ0n) is 9.09. The topological polar surface area (TPSA) is 59.1 Å². The third kappa shape index (κ3) is 2.80. The van der Waals surface area contributed by atoms with Crippen LogP contribution in [-0.4, -0.2) is 31.7 Å². The molecule has 0 spiro atoms. The fourth-order valence-corrected chi connectivity index (χ4v) is 3.52. The minimum Gasteiger partial charge on any atom is -0.313 e. The molecule has 0 bridgehead atoms. The van der Waals surface area contributed by atoms with Crippen molar-refractivity contribution in [3.63, 3.8) is 0 Å². The third-order valence-corrected chi connectivity index (χ3v) is 4.67. The van der Waals surface area contributed by atoms with Crippen molar-refractivity contribution < 1.29 is 8.42 Å². The summed E-state index contributed by atoms with van der Waals surface area (Å²) in [6, 6.07) is 3.21. The van der Waals surface area contributed by atoms with Crippen molar-refractivity contribution in [3.8, 4) is 0 Å². The number of hydrogen-bond acceptors (Lipinski definition) is 4. The van der Waals surface area contributed by atoms with Gasteiger partial charge in [0.2, 0.25) is 0 Å². The van der Waals surface area contributed by atoms with Crippen molar-refractivity contribution in [2.45, 2.75) is 30.2 Å². The predicted octanol–water partition coefficient (Wildman–Crippen LogP) is 0.997. The minimum atomic E-state index is -3.16. The number of pyridine rings is 1. The van der Waals surface area contributed by atoms with Gasteiger partial charge in [0.15, 0.2) is 9.84 Å². The van der Waals surface area contributed by atoms with Crippen molar-refractivity contribution in [1.29, 1.82) is 0 Å². The lowest BCUT2D eigenvalue weighted by molar-refractivity contribution is 0.423. The standard InChI is InChI=1S/C11H16N2O2S/c14-16(15,11-4-7-12-8-5-11)9-10-3-1-2-6-13-10/h4-5,7-8,10,13H,1-3,6,9H2. The predicted molar refractivity (Wildman–Crippen MR) is 61.9 cm³/mol. The van der Waals surface area contributed by atoms with Gasteiger partial charge in [0.1, 0.15) is 0 Å². The molecule has 4 nitrogen and oxygen atoms in total. The molecule has 0 amide bonds. The first-order valence-electron chi connectivity index (χ1n) is 5.55. The first-order valence-corrected chi connectivity index (χ1v) is 7.20. The molecule has 0 aliphatic carbocycles. The van der Waals surface area contributed by atoms with Crippen LogP contribution in [0.15, 0.2) is 29.4 Å². The van der Waals surface area contributed by atoms with E-state index in [1.165, 1.54) is 12.4 Å². The van der Waals surface area contributed by atoms with Crippen LogP contribution in [-0.2, 0) is 9.84 Å². The van der Waals surface area contributed by atoms with E-state index in [-0.39, 0.29) is 11.8 Å². The monoisotopic (exact) mass is 240 g/mol. The van der Waals surface area contributed by atoms with Crippen LogP contribution in [0.25, 0.3) is 0 Å². The van der Waals surface area contributed by atoms with Crippen LogP contribution in [0.4, 0.5) is 0 Å². The van der Waals surface area contributed by atoms with Crippen molar-refractivity contribution in [1.82, 2.24) is 10.3 Å². The van der Waals surface area contributed by atoms with Gasteiger partial charge in [0.25, 0.3) is 0 Å². The average Bonchev–Trinajstić information content (AvgIpc) is 2.31. The van der Waals surface area contributed by atoms with Crippen LogP contribution in [0.1, 0.15) is 19.3 Å². The zero-order chi connectivity index (χ0) is 11.4. The first kappa shape index (κ1) is 11.5. The van der Waals surface area contributed by atoms with E-state index >= 15 is 0 Å². The Balaban J connectivity index is 2.08. The number of nitrogens with one attached hydrogen (secondary N) is 1. The Morgan fingerprint density at radius 1 is 1.31 bits per heavy atom. The summed E-state index contributed by atoms with van der Waals surface area (Å²) in [4.78, 5) is 4.20. The first-order chi connectivity index (χ1) is 7.68. The number of piperidine rings is 1. The summed E-state index contributed by atoms with van der Waals surface area (Å²) in [5.74, 6) is 0.191. The van der Waals surface area contributed by atoms with Gasteiger partial charge >= 0.3 is 0 Å². The summed E-state index contributed by atoms with van der Waals surface area (Å²) in [5.41, 5.74) is 0. The third-order valence-electron chi connectivity index (χ3n) is 2.84. The van der Waals surface area contributed by atoms with Crippen LogP contribution in [0, 0.1) is 0 Å². The molecule has 88 valence electrons. The average molecular weight is 240 g/mol. The molecule has 0 saturated carbocycles. The van der Waals surface area contributed by atoms with Crippen molar-refractivity contribution >= 4 is 9.84 Å². The zero-order valence-corrected chi connectivity index (χ0v) is 9.91. The Kier molecular flexibility index (Phi) is 3.56. The highest BCUT2D eigenvalue weighted by molar-refractivity contribution is 7.91. The van der Waals surface area contributed by atoms with Crippen molar-refractivity contribution in [2.24, 2.45) is 0 Å². The second-order valence-electron chi connectivity index (χ2n) is 4.11. The lowest BCUT2D eigenvalue weighted by Gasteiger charge is -2.23. The van der Waals surface area contributed by atoms with E-state index in [4.69, 9.17) is 0 Å². The number of aromatic nitrogens is 1. The van der Waals surface area contributed by atoms with E-state index in [1.807, 2.05) is 0 Å². The van der Waals surface area contributed by atoms with Gasteiger partial charge in [-0.2, -0.15) is 0 Å². The highest BCUT2D eigenvalue weighted by Gasteiger charge is 2.22. The van der Waals surface area contributed by atoms with Gasteiger partial charge in [0.05, 0.1) is 10.6 Å². The summed E-state index contributed by atoms with van der Waals surface area (Å²) in [6.45, 7) is 0.927. The van der Waals surface area contributed by atoms with Gasteiger partial charge < -0.3 is 5.32 Å². The minimum absolute atomic E-state index is 0.104. The maximum atomic E-state index is 12.0. The smallest absolute Gasteiger partial charge is 0.180 e. The fourth-order valence-electron chi connectivity index (χ4n) is 1.97. The van der Waals surface area contributed by atoms with E-state index in [1.54, 1.807) is 12.1 Å². The summed E-state index contributed by atoms with van der Waals surface area (Å²) in [7, 11) is -3.16. The van der Waals surface area contributed by atoms with Crippen LogP contribution >= 0.6 is 0 Å². The Morgan fingerprint density at radius 2 is 2.06 bits per heavy atom. The quantitative estimate of drug-likeness (QED) is 0.856. The largest absolute Gasteiger partial charge is 0.313 e. The highest BCUT2D eigenvalue weighted by Crippen LogP contribution is 2.14. The lowest BCUT2D eigenvalue weighted by atomic mass is 10.1. The molecule has 2 heterocycles. The molecule has 16 heavy (non-hydrogen) atoms. The molecule has 1 saturated heterocycles. The van der Waals surface area contributed by atoms with Crippen LogP contribution < -0.4 is 5.32 Å². The molecule has 1 fully saturated rings. The molecule has 1 atom stereocenters. The molecule has 1 N–H and O–H groups in total. The summed E-state index contributed by atoms with van der Waals surface area (Å²) >= 11 is 0. The van der Waals surface area contributed by atoms with Gasteiger partial charge in [-0.25, -0.2) is 8.42 Å². The van der Waals surface area contributed by atoms with E-state index in [9.17, 15) is 8.42 Å². The summed E-state index contributed by atoms with van der Waals surface area (Å²) < 4.78 is 24.1. The molecule has 1 unspecified atom stereocenters. The second kappa shape index (κ2) is 4.93. The van der Waals surface area contributed by atoms with Crippen LogP contribution in [0.3, 0.4) is 0 Å². The molecule has 1 aromatic rings. The Bertz CT molecular complexity index is 425. The van der Waals surface area contributed by atoms with Gasteiger partial charge in [-0.15, -0.1) is 0 Å². The van der Waals surface area contributed by atoms with Crippen LogP contribution in [0.5, 0.6) is 0 Å². The van der Waals surface area contributed by atoms with Gasteiger partial charge in [-0.3, -0.25) is 4.98 Å². The van der Waals surface area contributed by atoms with Crippen LogP contribution in [0.2, 0.25) is 0 Å². The number of nitrogens with zero attached hydrogens (tertiary/aromatic N) is 1. The molecule has 0 aromatic carbocycles. The van der Waals surface area contributed by atoms with E-state index < -0.39 is 9.84 Å². The molecule has 2 rings (SSSR count). The van der Waals surface area contributed by atoms with Crippen molar-refractivity contribution in [3.05, 3.63) is 24.5 Å². The molecule has 5 heteroatoms. The fraction of sp³-hybridized carbons (Fsp3) is 0.545. The number of hydrogen-bond donors (Lipinski definition) is 1. The molecular formula is C11H16N2O2S. The van der Waals surface area contributed by atoms with E-state index in [0.29, 0.717) is 4.90 Å². The van der Waals surface area contributed by atoms with E-state index in [0.717, 1.165) is 25.8 Å². The van der Waals surface area contributed by atoms with Gasteiger partial charge in [-0.1, -0.05) is 6.42 Å². The normalized spacial score (nSPS) is 21.9. The lowest BCUT2D eigenvalue weighted by Crippen LogP contribution is -2.39. The Hall–Kier alpha value is -0.940. The molecule has 1 aliphatic heterocycles. The Morgan fingerprint density at radius 3 is 2.69 bits per heavy atom. The number of rotatable bonds is 3. The maximum Gasteiger partial charge on any atom is 0.180 e.